The van der Waals surface area contributed by atoms with E-state index in [2.05, 4.69) is 35.4 Å². The molecule has 3 heteroatoms. The summed E-state index contributed by atoms with van der Waals surface area (Å²) < 4.78 is 5.84. The van der Waals surface area contributed by atoms with Crippen molar-refractivity contribution in [3.05, 3.63) is 53.7 Å². The Hall–Kier alpha value is -1.61. The summed E-state index contributed by atoms with van der Waals surface area (Å²) in [7, 11) is 0. The van der Waals surface area contributed by atoms with Gasteiger partial charge in [-0.25, -0.2) is 0 Å². The minimum Gasteiger partial charge on any atom is -0.464 e. The van der Waals surface area contributed by atoms with Gasteiger partial charge in [-0.05, 0) is 36.1 Å². The lowest BCUT2D eigenvalue weighted by Crippen LogP contribution is -2.12. The molecule has 0 spiro atoms. The van der Waals surface area contributed by atoms with Gasteiger partial charge in [-0.15, -0.1) is 0 Å². The normalized spacial score (nSPS) is 22.1. The van der Waals surface area contributed by atoms with E-state index in [0.29, 0.717) is 5.92 Å². The number of furan rings is 1. The zero-order chi connectivity index (χ0) is 12.4. The van der Waals surface area contributed by atoms with E-state index in [4.69, 9.17) is 4.42 Å². The molecule has 2 atom stereocenters. The average Bonchev–Trinajstić information content (AvgIpc) is 2.94. The van der Waals surface area contributed by atoms with Crippen molar-refractivity contribution in [1.29, 1.82) is 0 Å². The number of hydrogen-bond donors (Lipinski definition) is 1. The van der Waals surface area contributed by atoms with Crippen LogP contribution >= 0.6 is 0 Å². The Morgan fingerprint density at radius 1 is 1.33 bits per heavy atom. The molecule has 1 aliphatic carbocycles. The van der Waals surface area contributed by atoms with Crippen LogP contribution in [0.15, 0.2) is 41.1 Å². The second-order valence-electron chi connectivity index (χ2n) is 5.09. The van der Waals surface area contributed by atoms with Crippen molar-refractivity contribution in [3.8, 4) is 0 Å². The molecule has 3 nitrogen and oxygen atoms in total. The van der Waals surface area contributed by atoms with E-state index < -0.39 is 0 Å². The highest BCUT2D eigenvalue weighted by atomic mass is 16.3. The minimum absolute atomic E-state index is 0.664. The Morgan fingerprint density at radius 3 is 2.94 bits per heavy atom. The van der Waals surface area contributed by atoms with Crippen LogP contribution in [0.2, 0.25) is 0 Å². The van der Waals surface area contributed by atoms with E-state index in [0.717, 1.165) is 30.5 Å². The zero-order valence-corrected chi connectivity index (χ0v) is 10.6. The van der Waals surface area contributed by atoms with Crippen LogP contribution in [0, 0.1) is 5.92 Å². The summed E-state index contributed by atoms with van der Waals surface area (Å²) in [4.78, 5) is 4.09. The van der Waals surface area contributed by atoms with E-state index >= 15 is 0 Å². The molecule has 1 aliphatic rings. The molecule has 0 unspecified atom stereocenters. The first-order valence-electron chi connectivity index (χ1n) is 6.51. The summed E-state index contributed by atoms with van der Waals surface area (Å²) in [6.07, 6.45) is 4.95. The first-order valence-corrected chi connectivity index (χ1v) is 6.51. The Kier molecular flexibility index (Phi) is 3.15. The zero-order valence-electron chi connectivity index (χ0n) is 10.6. The molecule has 18 heavy (non-hydrogen) atoms. The molecule has 0 radical (unpaired) electrons. The smallest absolute Gasteiger partial charge is 0.117 e. The van der Waals surface area contributed by atoms with Crippen molar-refractivity contribution >= 4 is 0 Å². The van der Waals surface area contributed by atoms with Crippen molar-refractivity contribution in [2.75, 3.05) is 0 Å². The quantitative estimate of drug-likeness (QED) is 0.875. The van der Waals surface area contributed by atoms with E-state index in [9.17, 15) is 0 Å². The van der Waals surface area contributed by atoms with Crippen LogP contribution in [0.4, 0.5) is 0 Å². The third kappa shape index (κ3) is 2.62. The maximum Gasteiger partial charge on any atom is 0.117 e. The second kappa shape index (κ2) is 4.94. The maximum atomic E-state index is 5.84. The van der Waals surface area contributed by atoms with Gasteiger partial charge in [-0.1, -0.05) is 13.0 Å². The van der Waals surface area contributed by atoms with Crippen molar-refractivity contribution in [1.82, 2.24) is 10.3 Å². The molecule has 3 rings (SSSR count). The molecule has 0 saturated heterocycles. The number of nitrogens with one attached hydrogen (secondary N) is 1. The summed E-state index contributed by atoms with van der Waals surface area (Å²) in [5.74, 6) is 3.64. The van der Waals surface area contributed by atoms with E-state index in [1.165, 1.54) is 12.0 Å². The number of hydrogen-bond acceptors (Lipinski definition) is 3. The minimum atomic E-state index is 0.664. The van der Waals surface area contributed by atoms with Crippen molar-refractivity contribution in [2.45, 2.75) is 32.4 Å². The molecule has 0 aromatic carbocycles. The van der Waals surface area contributed by atoms with Gasteiger partial charge in [0.1, 0.15) is 11.5 Å². The van der Waals surface area contributed by atoms with E-state index in [1.54, 1.807) is 6.20 Å². The van der Waals surface area contributed by atoms with Crippen LogP contribution in [0.25, 0.3) is 0 Å². The Bertz CT molecular complexity index is 506. The lowest BCUT2D eigenvalue weighted by molar-refractivity contribution is 0.444. The Morgan fingerprint density at radius 2 is 2.22 bits per heavy atom. The largest absolute Gasteiger partial charge is 0.464 e. The molecular weight excluding hydrogens is 224 g/mol. The Balaban J connectivity index is 1.50. The van der Waals surface area contributed by atoms with Crippen molar-refractivity contribution in [2.24, 2.45) is 5.92 Å². The van der Waals surface area contributed by atoms with Crippen LogP contribution in [-0.2, 0) is 13.1 Å². The van der Waals surface area contributed by atoms with Crippen LogP contribution in [-0.4, -0.2) is 4.98 Å². The monoisotopic (exact) mass is 242 g/mol. The number of rotatable bonds is 5. The number of pyridine rings is 1. The highest BCUT2D eigenvalue weighted by Gasteiger charge is 2.36. The van der Waals surface area contributed by atoms with Crippen LogP contribution < -0.4 is 5.32 Å². The van der Waals surface area contributed by atoms with Gasteiger partial charge >= 0.3 is 0 Å². The lowest BCUT2D eigenvalue weighted by atomic mass is 10.3. The highest BCUT2D eigenvalue weighted by Crippen LogP contribution is 2.47. The van der Waals surface area contributed by atoms with E-state index in [1.807, 2.05) is 12.3 Å². The SMILES string of the molecule is C[C@H]1C[C@@H]1c1ccc(CNCc2cccnc2)o1. The molecule has 2 aromatic heterocycles. The topological polar surface area (TPSA) is 38.1 Å². The van der Waals surface area contributed by atoms with Crippen LogP contribution in [0.5, 0.6) is 0 Å². The van der Waals surface area contributed by atoms with Crippen molar-refractivity contribution in [3.63, 3.8) is 0 Å². The summed E-state index contributed by atoms with van der Waals surface area (Å²) in [5.41, 5.74) is 1.19. The fraction of sp³-hybridized carbons (Fsp3) is 0.400. The van der Waals surface area contributed by atoms with Gasteiger partial charge in [0.15, 0.2) is 0 Å². The van der Waals surface area contributed by atoms with Gasteiger partial charge in [0.25, 0.3) is 0 Å². The molecule has 0 bridgehead atoms. The Labute approximate surface area is 107 Å². The molecule has 1 fully saturated rings. The van der Waals surface area contributed by atoms with Gasteiger partial charge in [0, 0.05) is 24.9 Å². The third-order valence-corrected chi connectivity index (χ3v) is 3.51. The van der Waals surface area contributed by atoms with E-state index in [-0.39, 0.29) is 0 Å². The first-order chi connectivity index (χ1) is 8.83. The molecule has 2 heterocycles. The van der Waals surface area contributed by atoms with Gasteiger partial charge in [-0.2, -0.15) is 0 Å². The first kappa shape index (κ1) is 11.5. The fourth-order valence-corrected chi connectivity index (χ4v) is 2.24. The van der Waals surface area contributed by atoms with Gasteiger partial charge < -0.3 is 9.73 Å². The highest BCUT2D eigenvalue weighted by molar-refractivity contribution is 5.17. The standard InChI is InChI=1S/C15H18N2O/c1-11-7-14(11)15-5-4-13(18-15)10-17-9-12-3-2-6-16-8-12/h2-6,8,11,14,17H,7,9-10H2,1H3/t11-,14-/m0/s1. The fourth-order valence-electron chi connectivity index (χ4n) is 2.24. The molecule has 0 aliphatic heterocycles. The molecule has 2 aromatic rings. The summed E-state index contributed by atoms with van der Waals surface area (Å²) in [6.45, 7) is 3.87. The third-order valence-electron chi connectivity index (χ3n) is 3.51. The summed E-state index contributed by atoms with van der Waals surface area (Å²) >= 11 is 0. The molecule has 0 amide bonds. The summed E-state index contributed by atoms with van der Waals surface area (Å²) in [6, 6.07) is 8.22. The maximum absolute atomic E-state index is 5.84. The van der Waals surface area contributed by atoms with Gasteiger partial charge in [0.05, 0.1) is 6.54 Å². The average molecular weight is 242 g/mol. The molecule has 1 saturated carbocycles. The predicted octanol–water partition coefficient (Wildman–Crippen LogP) is 3.09. The van der Waals surface area contributed by atoms with Crippen LogP contribution in [0.3, 0.4) is 0 Å². The summed E-state index contributed by atoms with van der Waals surface area (Å²) in [5, 5.41) is 3.37. The number of aromatic nitrogens is 1. The number of nitrogens with zero attached hydrogens (tertiary/aromatic N) is 1. The molecular formula is C15H18N2O. The van der Waals surface area contributed by atoms with Crippen molar-refractivity contribution < 1.29 is 4.42 Å². The molecule has 94 valence electrons. The lowest BCUT2D eigenvalue weighted by Gasteiger charge is -2.02. The van der Waals surface area contributed by atoms with Crippen LogP contribution in [0.1, 0.15) is 36.3 Å². The van der Waals surface area contributed by atoms with Gasteiger partial charge in [-0.3, -0.25) is 4.98 Å². The molecule has 1 N–H and O–H groups in total. The van der Waals surface area contributed by atoms with Gasteiger partial charge in [0.2, 0.25) is 0 Å². The second-order valence-corrected chi connectivity index (χ2v) is 5.09. The predicted molar refractivity (Wildman–Crippen MR) is 70.0 cm³/mol.